The molecule has 0 amide bonds. The highest BCUT2D eigenvalue weighted by molar-refractivity contribution is 5.40. The van der Waals surface area contributed by atoms with Crippen LogP contribution in [0.15, 0.2) is 24.3 Å². The zero-order valence-corrected chi connectivity index (χ0v) is 12.9. The molecule has 1 atom stereocenters. The summed E-state index contributed by atoms with van der Waals surface area (Å²) in [4.78, 5) is 0. The van der Waals surface area contributed by atoms with Crippen LogP contribution in [0.25, 0.3) is 0 Å². The van der Waals surface area contributed by atoms with Crippen LogP contribution in [0, 0.1) is 6.07 Å². The van der Waals surface area contributed by atoms with Crippen LogP contribution in [0.2, 0.25) is 0 Å². The zero-order chi connectivity index (χ0) is 14.5. The number of para-hydroxylation sites is 1. The van der Waals surface area contributed by atoms with E-state index in [0.717, 1.165) is 31.5 Å². The third-order valence-corrected chi connectivity index (χ3v) is 3.64. The minimum Gasteiger partial charge on any atom is -0.393 e. The molecule has 2 N–H and O–H groups in total. The molecule has 113 valence electrons. The van der Waals surface area contributed by atoms with Crippen LogP contribution < -0.4 is 5.32 Å². The molecule has 1 aromatic carbocycles. The number of nitrogens with one attached hydrogen (secondary N) is 1. The maximum Gasteiger partial charge on any atom is 0.0557 e. The molecule has 0 aliphatic rings. The molecule has 0 fully saturated rings. The van der Waals surface area contributed by atoms with E-state index in [4.69, 9.17) is 0 Å². The van der Waals surface area contributed by atoms with E-state index < -0.39 is 0 Å². The Balaban J connectivity index is 1.91. The first-order chi connectivity index (χ1) is 9.83. The van der Waals surface area contributed by atoms with E-state index in [1.54, 1.807) is 0 Å². The fraction of sp³-hybridized carbons (Fsp3) is 0.667. The smallest absolute Gasteiger partial charge is 0.0557 e. The molecule has 2 nitrogen and oxygen atoms in total. The number of rotatable bonds is 12. The van der Waals surface area contributed by atoms with E-state index in [1.807, 2.05) is 24.3 Å². The van der Waals surface area contributed by atoms with Gasteiger partial charge < -0.3 is 10.4 Å². The van der Waals surface area contributed by atoms with Crippen molar-refractivity contribution in [2.45, 2.75) is 70.8 Å². The lowest BCUT2D eigenvalue weighted by atomic mass is 10.0. The average Bonchev–Trinajstić information content (AvgIpc) is 2.47. The standard InChI is InChI=1S/C18H30NO/c1-2-3-4-5-6-7-11-14-18(20)15-16-19-17-12-9-8-10-13-17/h8-10,12,18-20H,2-7,11,14-16H2,1H3. The normalized spacial score (nSPS) is 12.3. The molecule has 0 spiro atoms. The van der Waals surface area contributed by atoms with Gasteiger partial charge in [-0.1, -0.05) is 70.1 Å². The maximum absolute atomic E-state index is 9.92. The number of aliphatic hydroxyl groups is 1. The van der Waals surface area contributed by atoms with Crippen molar-refractivity contribution in [2.24, 2.45) is 0 Å². The molecule has 0 saturated carbocycles. The molecule has 0 saturated heterocycles. The van der Waals surface area contributed by atoms with Gasteiger partial charge in [0.2, 0.25) is 0 Å². The van der Waals surface area contributed by atoms with Gasteiger partial charge in [-0.25, -0.2) is 0 Å². The summed E-state index contributed by atoms with van der Waals surface area (Å²) in [5, 5.41) is 13.2. The molecule has 2 heteroatoms. The van der Waals surface area contributed by atoms with E-state index in [0.29, 0.717) is 0 Å². The predicted molar refractivity (Wildman–Crippen MR) is 87.0 cm³/mol. The summed E-state index contributed by atoms with van der Waals surface area (Å²) in [6.07, 6.45) is 10.7. The lowest BCUT2D eigenvalue weighted by molar-refractivity contribution is 0.154. The second-order valence-corrected chi connectivity index (χ2v) is 5.56. The Morgan fingerprint density at radius 1 is 1.05 bits per heavy atom. The summed E-state index contributed by atoms with van der Waals surface area (Å²) in [7, 11) is 0. The lowest BCUT2D eigenvalue weighted by Crippen LogP contribution is -2.13. The Hall–Kier alpha value is -1.02. The van der Waals surface area contributed by atoms with E-state index in [1.165, 1.54) is 38.5 Å². The topological polar surface area (TPSA) is 32.3 Å². The summed E-state index contributed by atoms with van der Waals surface area (Å²) in [6.45, 7) is 3.07. The first-order valence-corrected chi connectivity index (χ1v) is 8.21. The van der Waals surface area contributed by atoms with Crippen LogP contribution in [-0.2, 0) is 0 Å². The van der Waals surface area contributed by atoms with Crippen molar-refractivity contribution in [3.8, 4) is 0 Å². The van der Waals surface area contributed by atoms with Crippen LogP contribution in [0.5, 0.6) is 0 Å². The van der Waals surface area contributed by atoms with Crippen molar-refractivity contribution in [3.63, 3.8) is 0 Å². The fourth-order valence-electron chi connectivity index (χ4n) is 2.36. The van der Waals surface area contributed by atoms with Gasteiger partial charge in [-0.05, 0) is 18.9 Å². The van der Waals surface area contributed by atoms with Crippen LogP contribution in [0.4, 0.5) is 5.69 Å². The van der Waals surface area contributed by atoms with E-state index >= 15 is 0 Å². The highest BCUT2D eigenvalue weighted by Gasteiger charge is 2.03. The molecule has 0 aliphatic heterocycles. The SMILES string of the molecule is CCCCCCCCCC(O)CCNc1[c]cccc1. The Morgan fingerprint density at radius 2 is 1.80 bits per heavy atom. The summed E-state index contributed by atoms with van der Waals surface area (Å²) in [6, 6.07) is 11.0. The van der Waals surface area contributed by atoms with Gasteiger partial charge in [-0.3, -0.25) is 0 Å². The Labute approximate surface area is 124 Å². The van der Waals surface area contributed by atoms with Gasteiger partial charge in [0.15, 0.2) is 0 Å². The third-order valence-electron chi connectivity index (χ3n) is 3.64. The number of benzene rings is 1. The van der Waals surface area contributed by atoms with Gasteiger partial charge in [0.1, 0.15) is 0 Å². The molecule has 0 bridgehead atoms. The first-order valence-electron chi connectivity index (χ1n) is 8.21. The van der Waals surface area contributed by atoms with Gasteiger partial charge in [0.25, 0.3) is 0 Å². The number of hydrogen-bond donors (Lipinski definition) is 2. The Morgan fingerprint density at radius 3 is 2.50 bits per heavy atom. The Kier molecular flexibility index (Phi) is 10.0. The zero-order valence-electron chi connectivity index (χ0n) is 12.9. The van der Waals surface area contributed by atoms with Crippen molar-refractivity contribution in [1.82, 2.24) is 0 Å². The lowest BCUT2D eigenvalue weighted by Gasteiger charge is -2.11. The summed E-state index contributed by atoms with van der Waals surface area (Å²) < 4.78 is 0. The molecular weight excluding hydrogens is 246 g/mol. The second kappa shape index (κ2) is 11.8. The monoisotopic (exact) mass is 276 g/mol. The largest absolute Gasteiger partial charge is 0.393 e. The van der Waals surface area contributed by atoms with Gasteiger partial charge >= 0.3 is 0 Å². The van der Waals surface area contributed by atoms with Crippen molar-refractivity contribution in [2.75, 3.05) is 11.9 Å². The van der Waals surface area contributed by atoms with Crippen molar-refractivity contribution in [1.29, 1.82) is 0 Å². The number of hydrogen-bond acceptors (Lipinski definition) is 2. The van der Waals surface area contributed by atoms with E-state index in [-0.39, 0.29) is 6.10 Å². The maximum atomic E-state index is 9.92. The van der Waals surface area contributed by atoms with Crippen molar-refractivity contribution in [3.05, 3.63) is 30.3 Å². The van der Waals surface area contributed by atoms with Gasteiger partial charge in [-0.2, -0.15) is 0 Å². The molecule has 1 unspecified atom stereocenters. The van der Waals surface area contributed by atoms with Gasteiger partial charge in [0.05, 0.1) is 6.10 Å². The van der Waals surface area contributed by atoms with Gasteiger partial charge in [-0.15, -0.1) is 0 Å². The summed E-state index contributed by atoms with van der Waals surface area (Å²) in [5.74, 6) is 0. The highest BCUT2D eigenvalue weighted by atomic mass is 16.3. The third kappa shape index (κ3) is 8.98. The van der Waals surface area contributed by atoms with Crippen LogP contribution in [-0.4, -0.2) is 17.8 Å². The van der Waals surface area contributed by atoms with Gasteiger partial charge in [0, 0.05) is 18.3 Å². The molecule has 20 heavy (non-hydrogen) atoms. The fourth-order valence-corrected chi connectivity index (χ4v) is 2.36. The van der Waals surface area contributed by atoms with E-state index in [9.17, 15) is 5.11 Å². The number of anilines is 1. The molecule has 0 heterocycles. The first kappa shape index (κ1) is 17.0. The van der Waals surface area contributed by atoms with Crippen LogP contribution in [0.1, 0.15) is 64.7 Å². The minimum atomic E-state index is -0.165. The van der Waals surface area contributed by atoms with Crippen LogP contribution >= 0.6 is 0 Å². The summed E-state index contributed by atoms with van der Waals surface area (Å²) >= 11 is 0. The molecule has 0 aliphatic carbocycles. The molecular formula is C18H30NO. The van der Waals surface area contributed by atoms with Crippen molar-refractivity contribution >= 4 is 5.69 Å². The molecule has 1 radical (unpaired) electrons. The highest BCUT2D eigenvalue weighted by Crippen LogP contribution is 2.11. The Bertz CT molecular complexity index is 312. The summed E-state index contributed by atoms with van der Waals surface area (Å²) in [5.41, 5.74) is 1.01. The number of aliphatic hydroxyl groups excluding tert-OH is 1. The second-order valence-electron chi connectivity index (χ2n) is 5.56. The predicted octanol–water partition coefficient (Wildman–Crippen LogP) is 4.79. The molecule has 0 aromatic heterocycles. The molecule has 1 rings (SSSR count). The van der Waals surface area contributed by atoms with Crippen LogP contribution in [0.3, 0.4) is 0 Å². The van der Waals surface area contributed by atoms with E-state index in [2.05, 4.69) is 18.3 Å². The number of unbranched alkanes of at least 4 members (excludes halogenated alkanes) is 6. The minimum absolute atomic E-state index is 0.165. The molecule has 1 aromatic rings. The van der Waals surface area contributed by atoms with Crippen molar-refractivity contribution < 1.29 is 5.11 Å². The average molecular weight is 276 g/mol. The quantitative estimate of drug-likeness (QED) is 0.538.